The van der Waals surface area contributed by atoms with Crippen molar-refractivity contribution in [3.8, 4) is 5.75 Å². The lowest BCUT2D eigenvalue weighted by Gasteiger charge is -2.25. The van der Waals surface area contributed by atoms with Crippen LogP contribution in [0.5, 0.6) is 5.75 Å². The number of esters is 1. The van der Waals surface area contributed by atoms with E-state index in [0.29, 0.717) is 0 Å². The average molecular weight is 300 g/mol. The molecule has 1 heterocycles. The summed E-state index contributed by atoms with van der Waals surface area (Å²) in [6.45, 7) is 5.42. The van der Waals surface area contributed by atoms with Gasteiger partial charge in [-0.1, -0.05) is 13.0 Å². The molecule has 0 bridgehead atoms. The normalized spacial score (nSPS) is 27.6. The molecule has 1 N–H and O–H groups in total. The second kappa shape index (κ2) is 5.26. The number of phenols is 1. The van der Waals surface area contributed by atoms with E-state index in [0.717, 1.165) is 6.07 Å². The number of ether oxygens (including phenoxy) is 2. The predicted octanol–water partition coefficient (Wildman–Crippen LogP) is 2.74. The van der Waals surface area contributed by atoms with Gasteiger partial charge >= 0.3 is 5.97 Å². The third-order valence-corrected chi connectivity index (χ3v) is 4.28. The molecule has 0 unspecified atom stereocenters. The van der Waals surface area contributed by atoms with Crippen molar-refractivity contribution in [2.24, 2.45) is 5.92 Å². The minimum absolute atomic E-state index is 0.141. The van der Waals surface area contributed by atoms with Crippen molar-refractivity contribution in [2.75, 3.05) is 7.11 Å². The van der Waals surface area contributed by atoms with Gasteiger partial charge in [0.2, 0.25) is 5.82 Å². The van der Waals surface area contributed by atoms with Gasteiger partial charge in [0.15, 0.2) is 17.7 Å². The van der Waals surface area contributed by atoms with Crippen LogP contribution < -0.4 is 0 Å². The minimum atomic E-state index is -1.33. The highest BCUT2D eigenvalue weighted by Gasteiger charge is 2.52. The molecular weight excluding hydrogens is 282 g/mol. The van der Waals surface area contributed by atoms with Crippen LogP contribution in [-0.2, 0) is 14.3 Å². The van der Waals surface area contributed by atoms with E-state index < -0.39 is 41.0 Å². The van der Waals surface area contributed by atoms with Crippen molar-refractivity contribution in [3.63, 3.8) is 0 Å². The predicted molar refractivity (Wildman–Crippen MR) is 70.9 cm³/mol. The largest absolute Gasteiger partial charge is 0.505 e. The highest BCUT2D eigenvalue weighted by Crippen LogP contribution is 2.48. The van der Waals surface area contributed by atoms with Crippen molar-refractivity contribution >= 4 is 5.97 Å². The van der Waals surface area contributed by atoms with E-state index in [1.807, 2.05) is 6.92 Å². The number of methoxy groups -OCH3 is 1. The summed E-state index contributed by atoms with van der Waals surface area (Å²) in [6.07, 6.45) is -0.976. The van der Waals surface area contributed by atoms with E-state index in [9.17, 15) is 18.7 Å². The molecule has 1 saturated heterocycles. The van der Waals surface area contributed by atoms with E-state index in [1.165, 1.54) is 13.2 Å². The third-order valence-electron chi connectivity index (χ3n) is 4.28. The van der Waals surface area contributed by atoms with Crippen LogP contribution in [0.25, 0.3) is 0 Å². The van der Waals surface area contributed by atoms with Crippen LogP contribution >= 0.6 is 0 Å². The Balaban J connectivity index is 2.53. The zero-order chi connectivity index (χ0) is 15.9. The van der Waals surface area contributed by atoms with Gasteiger partial charge in [0, 0.05) is 11.5 Å². The molecule has 116 valence electrons. The average Bonchev–Trinajstić information content (AvgIpc) is 2.67. The first-order valence-electron chi connectivity index (χ1n) is 6.63. The first-order chi connectivity index (χ1) is 9.70. The monoisotopic (exact) mass is 300 g/mol. The van der Waals surface area contributed by atoms with Crippen LogP contribution in [0.15, 0.2) is 12.1 Å². The van der Waals surface area contributed by atoms with E-state index >= 15 is 0 Å². The lowest BCUT2D eigenvalue weighted by Crippen LogP contribution is -2.29. The summed E-state index contributed by atoms with van der Waals surface area (Å²) >= 11 is 0. The van der Waals surface area contributed by atoms with Crippen LogP contribution in [0, 0.1) is 17.6 Å². The SMILES string of the molecule is COC(=O)[C@@H]1OC(C)(C)[C@@H](C)[C@H]1c1ccc(F)c(F)c1O. The molecule has 0 aromatic heterocycles. The lowest BCUT2D eigenvalue weighted by atomic mass is 9.78. The maximum atomic E-state index is 13.6. The second-order valence-corrected chi connectivity index (χ2v) is 5.78. The van der Waals surface area contributed by atoms with Crippen LogP contribution in [-0.4, -0.2) is 29.9 Å². The van der Waals surface area contributed by atoms with Gasteiger partial charge in [-0.25, -0.2) is 9.18 Å². The van der Waals surface area contributed by atoms with Crippen LogP contribution in [0.1, 0.15) is 32.3 Å². The van der Waals surface area contributed by atoms with Crippen molar-refractivity contribution in [1.82, 2.24) is 0 Å². The highest BCUT2D eigenvalue weighted by molar-refractivity contribution is 5.77. The van der Waals surface area contributed by atoms with E-state index in [4.69, 9.17) is 9.47 Å². The van der Waals surface area contributed by atoms with Gasteiger partial charge in [-0.05, 0) is 25.8 Å². The Morgan fingerprint density at radius 2 is 2.00 bits per heavy atom. The summed E-state index contributed by atoms with van der Waals surface area (Å²) in [5.74, 6) is -4.70. The molecule has 1 aliphatic rings. The Bertz CT molecular complexity index is 571. The number of phenolic OH excluding ortho intramolecular Hbond substituents is 1. The molecule has 2 rings (SSSR count). The minimum Gasteiger partial charge on any atom is -0.505 e. The molecule has 1 aliphatic heterocycles. The summed E-state index contributed by atoms with van der Waals surface area (Å²) in [4.78, 5) is 11.9. The number of benzene rings is 1. The maximum absolute atomic E-state index is 13.6. The van der Waals surface area contributed by atoms with Crippen molar-refractivity contribution < 1.29 is 28.2 Å². The molecule has 21 heavy (non-hydrogen) atoms. The first kappa shape index (κ1) is 15.7. The van der Waals surface area contributed by atoms with E-state index in [2.05, 4.69) is 0 Å². The molecule has 3 atom stereocenters. The number of carbonyl (C=O) groups excluding carboxylic acids is 1. The van der Waals surface area contributed by atoms with Crippen LogP contribution in [0.4, 0.5) is 8.78 Å². The third kappa shape index (κ3) is 2.48. The Hall–Kier alpha value is -1.69. The summed E-state index contributed by atoms with van der Waals surface area (Å²) in [7, 11) is 1.23. The molecule has 1 aromatic rings. The molecule has 1 aromatic carbocycles. The highest BCUT2D eigenvalue weighted by atomic mass is 19.2. The Morgan fingerprint density at radius 1 is 1.38 bits per heavy atom. The van der Waals surface area contributed by atoms with Gasteiger partial charge in [-0.3, -0.25) is 0 Å². The number of aromatic hydroxyl groups is 1. The maximum Gasteiger partial charge on any atom is 0.335 e. The molecule has 0 spiro atoms. The Labute approximate surface area is 121 Å². The Morgan fingerprint density at radius 3 is 2.57 bits per heavy atom. The topological polar surface area (TPSA) is 55.8 Å². The summed E-state index contributed by atoms with van der Waals surface area (Å²) in [5, 5.41) is 9.88. The van der Waals surface area contributed by atoms with E-state index in [-0.39, 0.29) is 11.5 Å². The number of halogens is 2. The lowest BCUT2D eigenvalue weighted by molar-refractivity contribution is -0.157. The van der Waals surface area contributed by atoms with Gasteiger partial charge in [0.05, 0.1) is 12.7 Å². The fraction of sp³-hybridized carbons (Fsp3) is 0.533. The zero-order valence-electron chi connectivity index (χ0n) is 12.3. The summed E-state index contributed by atoms with van der Waals surface area (Å²) < 4.78 is 37.2. The quantitative estimate of drug-likeness (QED) is 0.853. The zero-order valence-corrected chi connectivity index (χ0v) is 12.3. The number of carbonyl (C=O) groups is 1. The van der Waals surface area contributed by atoms with Gasteiger partial charge in [0.25, 0.3) is 0 Å². The first-order valence-corrected chi connectivity index (χ1v) is 6.63. The molecule has 1 fully saturated rings. The van der Waals surface area contributed by atoms with Crippen molar-refractivity contribution in [3.05, 3.63) is 29.3 Å². The molecular formula is C15H18F2O4. The van der Waals surface area contributed by atoms with Crippen LogP contribution in [0.2, 0.25) is 0 Å². The molecule has 0 radical (unpaired) electrons. The van der Waals surface area contributed by atoms with E-state index in [1.54, 1.807) is 13.8 Å². The van der Waals surface area contributed by atoms with Gasteiger partial charge in [-0.15, -0.1) is 0 Å². The smallest absolute Gasteiger partial charge is 0.335 e. The summed E-state index contributed by atoms with van der Waals surface area (Å²) in [6, 6.07) is 2.20. The van der Waals surface area contributed by atoms with Gasteiger partial charge in [-0.2, -0.15) is 4.39 Å². The summed E-state index contributed by atoms with van der Waals surface area (Å²) in [5.41, 5.74) is -0.525. The molecule has 0 saturated carbocycles. The molecule has 4 nitrogen and oxygen atoms in total. The number of rotatable bonds is 2. The Kier molecular flexibility index (Phi) is 3.93. The fourth-order valence-corrected chi connectivity index (χ4v) is 2.77. The van der Waals surface area contributed by atoms with Gasteiger partial charge in [0.1, 0.15) is 0 Å². The number of hydrogen-bond donors (Lipinski definition) is 1. The van der Waals surface area contributed by atoms with Gasteiger partial charge < -0.3 is 14.6 Å². The number of hydrogen-bond acceptors (Lipinski definition) is 4. The van der Waals surface area contributed by atoms with Crippen molar-refractivity contribution in [1.29, 1.82) is 0 Å². The fourth-order valence-electron chi connectivity index (χ4n) is 2.77. The second-order valence-electron chi connectivity index (χ2n) is 5.78. The molecule has 0 aliphatic carbocycles. The molecule has 6 heteroatoms. The van der Waals surface area contributed by atoms with Crippen molar-refractivity contribution in [2.45, 2.75) is 38.4 Å². The molecule has 0 amide bonds. The van der Waals surface area contributed by atoms with Crippen LogP contribution in [0.3, 0.4) is 0 Å². The standard InChI is InChI=1S/C15H18F2O4/c1-7-10(8-5-6-9(16)11(17)12(8)18)13(14(19)20-4)21-15(7,2)3/h5-7,10,13,18H,1-4H3/t7-,10-,13+/m0/s1.